The average molecular weight is 772 g/mol. The lowest BCUT2D eigenvalue weighted by atomic mass is 9.75. The fraction of sp³-hybridized carbons (Fsp3) is 0.361. The van der Waals surface area contributed by atoms with E-state index in [-0.39, 0.29) is 46.7 Å². The van der Waals surface area contributed by atoms with Gasteiger partial charge in [0.15, 0.2) is 0 Å². The molecule has 3 aromatic rings. The molecule has 14 heteroatoms. The van der Waals surface area contributed by atoms with E-state index in [4.69, 9.17) is 25.8 Å². The second kappa shape index (κ2) is 15.2. The maximum atomic E-state index is 15.9. The second-order valence-electron chi connectivity index (χ2n) is 13.3. The van der Waals surface area contributed by atoms with E-state index in [0.29, 0.717) is 10.0 Å². The Morgan fingerprint density at radius 1 is 1.10 bits per heavy atom. The predicted molar refractivity (Wildman–Crippen MR) is 187 cm³/mol. The highest BCUT2D eigenvalue weighted by molar-refractivity contribution is 9.10. The number of hydrogen-bond acceptors (Lipinski definition) is 7. The molecule has 0 aromatic heterocycles. The smallest absolute Gasteiger partial charge is 0.437 e. The zero-order valence-electron chi connectivity index (χ0n) is 27.9. The Hall–Kier alpha value is -4.49. The number of carbonyl (C=O) groups is 4. The van der Waals surface area contributed by atoms with Crippen molar-refractivity contribution >= 4 is 57.6 Å². The maximum Gasteiger partial charge on any atom is 0.437 e. The van der Waals surface area contributed by atoms with Crippen molar-refractivity contribution in [1.82, 2.24) is 15.5 Å². The number of alkyl carbamates (subject to hydrolysis) is 1. The maximum absolute atomic E-state index is 15.9. The summed E-state index contributed by atoms with van der Waals surface area (Å²) >= 11 is 9.63. The minimum absolute atomic E-state index is 0.00554. The highest BCUT2D eigenvalue weighted by atomic mass is 79.9. The van der Waals surface area contributed by atoms with E-state index >= 15 is 9.18 Å². The van der Waals surface area contributed by atoms with Gasteiger partial charge in [-0.3, -0.25) is 9.69 Å². The van der Waals surface area contributed by atoms with E-state index in [1.807, 2.05) is 26.8 Å². The Labute approximate surface area is 302 Å². The molecule has 2 atom stereocenters. The van der Waals surface area contributed by atoms with Crippen LogP contribution in [-0.4, -0.2) is 54.7 Å². The normalized spacial score (nSPS) is 18.7. The van der Waals surface area contributed by atoms with Crippen molar-refractivity contribution < 1.29 is 37.8 Å². The summed E-state index contributed by atoms with van der Waals surface area (Å²) in [5, 5.41) is 5.92. The molecule has 264 valence electrons. The van der Waals surface area contributed by atoms with Crippen LogP contribution in [0.3, 0.4) is 0 Å². The van der Waals surface area contributed by atoms with Crippen LogP contribution in [0.15, 0.2) is 76.2 Å². The average Bonchev–Trinajstić information content (AvgIpc) is 3.84. The molecule has 1 aliphatic carbocycles. The summed E-state index contributed by atoms with van der Waals surface area (Å²) in [6.07, 6.45) is -0.0874. The van der Waals surface area contributed by atoms with Crippen LogP contribution >= 0.6 is 27.5 Å². The molecule has 1 saturated heterocycles. The molecule has 5 rings (SSSR count). The van der Waals surface area contributed by atoms with Crippen LogP contribution in [-0.2, 0) is 31.2 Å². The number of nitrogens with one attached hydrogen (secondary N) is 2. The predicted octanol–water partition coefficient (Wildman–Crippen LogP) is 7.41. The van der Waals surface area contributed by atoms with Crippen LogP contribution in [0.25, 0.3) is 0 Å². The fourth-order valence-electron chi connectivity index (χ4n) is 5.77. The zero-order chi connectivity index (χ0) is 36.2. The summed E-state index contributed by atoms with van der Waals surface area (Å²) in [6, 6.07) is 16.5. The summed E-state index contributed by atoms with van der Waals surface area (Å²) in [6.45, 7) is 5.11. The van der Waals surface area contributed by atoms with Gasteiger partial charge in [0.1, 0.15) is 24.6 Å². The molecule has 2 fully saturated rings. The molecule has 2 aliphatic rings. The summed E-state index contributed by atoms with van der Waals surface area (Å²) in [4.78, 5) is 59.2. The summed E-state index contributed by atoms with van der Waals surface area (Å²) in [5.41, 5.74) is -1.38. The first-order valence-electron chi connectivity index (χ1n) is 15.9. The lowest BCUT2D eigenvalue weighted by molar-refractivity contribution is -0.135. The molecule has 0 unspecified atom stereocenters. The molecule has 2 N–H and O–H groups in total. The van der Waals surface area contributed by atoms with Crippen LogP contribution in [0.1, 0.15) is 73.1 Å². The van der Waals surface area contributed by atoms with Crippen LogP contribution < -0.4 is 10.6 Å². The summed E-state index contributed by atoms with van der Waals surface area (Å²) < 4.78 is 32.4. The first-order chi connectivity index (χ1) is 23.7. The van der Waals surface area contributed by atoms with Crippen molar-refractivity contribution in [2.45, 2.75) is 64.3 Å². The quantitative estimate of drug-likeness (QED) is 0.161. The number of carbonyl (C=O) groups excluding carboxylic acids is 4. The summed E-state index contributed by atoms with van der Waals surface area (Å²) in [7, 11) is 1.20. The highest BCUT2D eigenvalue weighted by Crippen LogP contribution is 2.44. The number of hydrogen-bond donors (Lipinski definition) is 2. The largest absolute Gasteiger partial charge is 0.465 e. The van der Waals surface area contributed by atoms with Gasteiger partial charge in [-0.2, -0.15) is 0 Å². The van der Waals surface area contributed by atoms with Crippen LogP contribution in [0.5, 0.6) is 0 Å². The number of halogens is 3. The number of nitrogens with zero attached hydrogens (tertiary/aromatic N) is 2. The number of amides is 3. The van der Waals surface area contributed by atoms with E-state index in [0.717, 1.165) is 17.7 Å². The van der Waals surface area contributed by atoms with E-state index in [9.17, 15) is 14.4 Å². The van der Waals surface area contributed by atoms with Crippen LogP contribution in [0.4, 0.5) is 14.0 Å². The van der Waals surface area contributed by atoms with Crippen molar-refractivity contribution in [3.8, 4) is 0 Å². The topological polar surface area (TPSA) is 136 Å². The molecule has 1 aliphatic heterocycles. The Balaban J connectivity index is 1.66. The monoisotopic (exact) mass is 770 g/mol. The molecule has 3 aromatic carbocycles. The molecule has 1 saturated carbocycles. The van der Waals surface area contributed by atoms with E-state index in [1.165, 1.54) is 31.4 Å². The van der Waals surface area contributed by atoms with Gasteiger partial charge in [0.2, 0.25) is 5.96 Å². The Bertz CT molecular complexity index is 1820. The van der Waals surface area contributed by atoms with Gasteiger partial charge in [-0.05, 0) is 60.1 Å². The van der Waals surface area contributed by atoms with Crippen molar-refractivity contribution in [3.05, 3.63) is 104 Å². The van der Waals surface area contributed by atoms with Crippen molar-refractivity contribution in [1.29, 1.82) is 0 Å². The van der Waals surface area contributed by atoms with Gasteiger partial charge in [0, 0.05) is 16.1 Å². The van der Waals surface area contributed by atoms with E-state index in [1.54, 1.807) is 36.4 Å². The van der Waals surface area contributed by atoms with E-state index in [2.05, 4.69) is 31.6 Å². The Kier molecular flexibility index (Phi) is 11.2. The Morgan fingerprint density at radius 2 is 1.82 bits per heavy atom. The number of esters is 1. The number of methoxy groups -OCH3 is 1. The van der Waals surface area contributed by atoms with Crippen molar-refractivity contribution in [3.63, 3.8) is 0 Å². The standard InChI is InChI=1S/C36H37BrClFN4O7/c1-35(2,3)20-36(26-14-11-23(37)17-28(26)39)31(45)43(32(42-36)41-34(47)49-18-21-8-6-5-7-9-21)29(19-50-33(46)40-24-12-13-24)22-10-15-27(38)25(16-22)30(44)48-4/h5-11,14-17,24,29H,12-13,18-20H2,1-4H3,(H,40,46)(H,41,42,47)/t29-,36-/m1/s1. The minimum atomic E-state index is -1.78. The third-order valence-corrected chi connectivity index (χ3v) is 8.91. The van der Waals surface area contributed by atoms with Crippen LogP contribution in [0, 0.1) is 11.2 Å². The highest BCUT2D eigenvalue weighted by Gasteiger charge is 2.56. The third-order valence-electron chi connectivity index (χ3n) is 8.09. The number of aliphatic imine (C=N–C) groups is 1. The van der Waals surface area contributed by atoms with Gasteiger partial charge in [-0.1, -0.05) is 90.8 Å². The molecular weight excluding hydrogens is 735 g/mol. The molecule has 3 amide bonds. The zero-order valence-corrected chi connectivity index (χ0v) is 30.3. The van der Waals surface area contributed by atoms with Crippen LogP contribution in [0.2, 0.25) is 5.02 Å². The van der Waals surface area contributed by atoms with Gasteiger partial charge < -0.3 is 24.8 Å². The van der Waals surface area contributed by atoms with E-state index < -0.39 is 53.5 Å². The fourth-order valence-corrected chi connectivity index (χ4v) is 6.30. The van der Waals surface area contributed by atoms with Gasteiger partial charge in [0.05, 0.1) is 23.7 Å². The Morgan fingerprint density at radius 3 is 2.46 bits per heavy atom. The lowest BCUT2D eigenvalue weighted by Gasteiger charge is -2.35. The van der Waals surface area contributed by atoms with Gasteiger partial charge in [0.25, 0.3) is 5.91 Å². The number of guanidine groups is 1. The third kappa shape index (κ3) is 8.62. The number of rotatable bonds is 10. The first kappa shape index (κ1) is 36.8. The molecule has 11 nitrogen and oxygen atoms in total. The van der Waals surface area contributed by atoms with Gasteiger partial charge in [-0.25, -0.2) is 18.8 Å². The van der Waals surface area contributed by atoms with Crippen molar-refractivity contribution in [2.75, 3.05) is 13.7 Å². The minimum Gasteiger partial charge on any atom is -0.465 e. The van der Waals surface area contributed by atoms with Crippen molar-refractivity contribution in [2.24, 2.45) is 10.4 Å². The first-order valence-corrected chi connectivity index (χ1v) is 17.1. The molecule has 0 radical (unpaired) electrons. The second-order valence-corrected chi connectivity index (χ2v) is 14.6. The molecular formula is C36H37BrClFN4O7. The number of benzene rings is 3. The number of ether oxygens (including phenoxy) is 3. The SMILES string of the molecule is COC(=O)c1cc([C@@H](COC(=O)NC2CC2)N2C(=O)[C@@](CC(C)(C)C)(c3ccc(Br)cc3F)N/C2=N/C(=O)OCc2ccccc2)ccc1Cl. The molecule has 50 heavy (non-hydrogen) atoms. The summed E-state index contributed by atoms with van der Waals surface area (Å²) in [5.74, 6) is -2.39. The van der Waals surface area contributed by atoms with Gasteiger partial charge >= 0.3 is 18.2 Å². The van der Waals surface area contributed by atoms with Gasteiger partial charge in [-0.15, -0.1) is 4.99 Å². The lowest BCUT2D eigenvalue weighted by Crippen LogP contribution is -2.48. The molecule has 0 bridgehead atoms. The molecule has 1 heterocycles. The molecule has 0 spiro atoms.